The van der Waals surface area contributed by atoms with Crippen LogP contribution < -0.4 is 10.5 Å². The average Bonchev–Trinajstić information content (AvgIpc) is 2.15. The predicted octanol–water partition coefficient (Wildman–Crippen LogP) is 0.433. The molecule has 1 heterocycles. The third-order valence-electron chi connectivity index (χ3n) is 1.17. The van der Waals surface area contributed by atoms with E-state index in [0.29, 0.717) is 11.6 Å². The second kappa shape index (κ2) is 3.31. The van der Waals surface area contributed by atoms with Gasteiger partial charge in [-0.15, -0.1) is 12.4 Å². The van der Waals surface area contributed by atoms with E-state index in [-0.39, 0.29) is 12.4 Å². The van der Waals surface area contributed by atoms with Crippen molar-refractivity contribution in [2.24, 2.45) is 7.05 Å². The molecule has 2 N–H and O–H groups in total. The summed E-state index contributed by atoms with van der Waals surface area (Å²) in [7, 11) is 3.32. The Labute approximate surface area is 65.4 Å². The van der Waals surface area contributed by atoms with Crippen molar-refractivity contribution >= 4 is 18.2 Å². The summed E-state index contributed by atoms with van der Waals surface area (Å²) in [5.74, 6) is 1.18. The number of aryl methyl sites for hydroxylation is 1. The topological polar surface area (TPSA) is 53.1 Å². The van der Waals surface area contributed by atoms with Gasteiger partial charge in [0.2, 0.25) is 0 Å². The van der Waals surface area contributed by atoms with E-state index < -0.39 is 0 Å². The zero-order valence-corrected chi connectivity index (χ0v) is 6.68. The van der Waals surface area contributed by atoms with Gasteiger partial charge in [0.25, 0.3) is 0 Å². The number of hydrogen-bond donors (Lipinski definition) is 1. The van der Waals surface area contributed by atoms with Gasteiger partial charge in [0, 0.05) is 7.05 Å². The molecule has 58 valence electrons. The lowest BCUT2D eigenvalue weighted by Crippen LogP contribution is -1.98. The van der Waals surface area contributed by atoms with Gasteiger partial charge in [0.15, 0.2) is 11.6 Å². The zero-order valence-electron chi connectivity index (χ0n) is 5.87. The number of rotatable bonds is 1. The molecule has 0 aromatic carbocycles. The molecule has 0 aliphatic carbocycles. The van der Waals surface area contributed by atoms with Crippen molar-refractivity contribution in [3.63, 3.8) is 0 Å². The van der Waals surface area contributed by atoms with E-state index in [0.717, 1.165) is 0 Å². The van der Waals surface area contributed by atoms with Crippen molar-refractivity contribution in [3.8, 4) is 5.75 Å². The summed E-state index contributed by atoms with van der Waals surface area (Å²) >= 11 is 0. The van der Waals surface area contributed by atoms with Crippen LogP contribution in [0, 0.1) is 0 Å². The molecule has 0 atom stereocenters. The molecular weight excluding hydrogens is 154 g/mol. The lowest BCUT2D eigenvalue weighted by molar-refractivity contribution is 0.416. The standard InChI is InChI=1S/C5H9N3O.ClH/c1-8-5(6)4(9-2)3-7-8;/h3H,6H2,1-2H3;1H. The number of aromatic nitrogens is 2. The van der Waals surface area contributed by atoms with Crippen molar-refractivity contribution in [3.05, 3.63) is 6.20 Å². The third kappa shape index (κ3) is 1.33. The molecule has 0 bridgehead atoms. The minimum atomic E-state index is 0. The fourth-order valence-corrected chi connectivity index (χ4v) is 0.584. The van der Waals surface area contributed by atoms with Gasteiger partial charge in [0.05, 0.1) is 13.3 Å². The van der Waals surface area contributed by atoms with Crippen molar-refractivity contribution in [1.82, 2.24) is 9.78 Å². The molecule has 0 aliphatic rings. The number of anilines is 1. The molecule has 0 spiro atoms. The number of nitrogens with zero attached hydrogens (tertiary/aromatic N) is 2. The van der Waals surface area contributed by atoms with Crippen LogP contribution in [-0.2, 0) is 7.05 Å². The van der Waals surface area contributed by atoms with Gasteiger partial charge in [0.1, 0.15) is 0 Å². The van der Waals surface area contributed by atoms with E-state index in [4.69, 9.17) is 10.5 Å². The molecule has 1 rings (SSSR count). The summed E-state index contributed by atoms with van der Waals surface area (Å²) in [4.78, 5) is 0. The van der Waals surface area contributed by atoms with Gasteiger partial charge >= 0.3 is 0 Å². The highest BCUT2D eigenvalue weighted by molar-refractivity contribution is 5.85. The molecule has 0 unspecified atom stereocenters. The molecule has 4 nitrogen and oxygen atoms in total. The first-order valence-electron chi connectivity index (χ1n) is 2.57. The van der Waals surface area contributed by atoms with Gasteiger partial charge < -0.3 is 10.5 Å². The number of hydrogen-bond acceptors (Lipinski definition) is 3. The first kappa shape index (κ1) is 9.10. The lowest BCUT2D eigenvalue weighted by Gasteiger charge is -1.95. The van der Waals surface area contributed by atoms with E-state index in [9.17, 15) is 0 Å². The van der Waals surface area contributed by atoms with Crippen molar-refractivity contribution < 1.29 is 4.74 Å². The Morgan fingerprint density at radius 1 is 1.70 bits per heavy atom. The van der Waals surface area contributed by atoms with Crippen LogP contribution >= 0.6 is 12.4 Å². The summed E-state index contributed by atoms with van der Waals surface area (Å²) < 4.78 is 6.41. The van der Waals surface area contributed by atoms with E-state index in [1.165, 1.54) is 0 Å². The van der Waals surface area contributed by atoms with Crippen LogP contribution in [0.2, 0.25) is 0 Å². The Kier molecular flexibility index (Phi) is 3.02. The van der Waals surface area contributed by atoms with E-state index in [2.05, 4.69) is 5.10 Å². The number of ether oxygens (including phenoxy) is 1. The summed E-state index contributed by atoms with van der Waals surface area (Å²) in [6, 6.07) is 0. The Morgan fingerprint density at radius 2 is 2.30 bits per heavy atom. The Morgan fingerprint density at radius 3 is 2.50 bits per heavy atom. The maximum atomic E-state index is 5.49. The largest absolute Gasteiger partial charge is 0.491 e. The molecule has 0 saturated heterocycles. The van der Waals surface area contributed by atoms with Crippen LogP contribution in [0.5, 0.6) is 5.75 Å². The summed E-state index contributed by atoms with van der Waals surface area (Å²) in [6.45, 7) is 0. The van der Waals surface area contributed by atoms with Crippen LogP contribution in [-0.4, -0.2) is 16.9 Å². The van der Waals surface area contributed by atoms with Gasteiger partial charge in [-0.25, -0.2) is 4.68 Å². The number of methoxy groups -OCH3 is 1. The van der Waals surface area contributed by atoms with Crippen LogP contribution in [0.1, 0.15) is 0 Å². The second-order valence-electron chi connectivity index (χ2n) is 1.72. The fraction of sp³-hybridized carbons (Fsp3) is 0.400. The molecular formula is C5H10ClN3O. The Bertz CT molecular complexity index is 211. The van der Waals surface area contributed by atoms with E-state index >= 15 is 0 Å². The molecule has 1 aromatic rings. The molecule has 0 saturated carbocycles. The maximum absolute atomic E-state index is 5.49. The highest BCUT2D eigenvalue weighted by atomic mass is 35.5. The minimum Gasteiger partial charge on any atom is -0.491 e. The van der Waals surface area contributed by atoms with Crippen molar-refractivity contribution in [2.75, 3.05) is 12.8 Å². The maximum Gasteiger partial charge on any atom is 0.180 e. The fourth-order valence-electron chi connectivity index (χ4n) is 0.584. The molecule has 0 amide bonds. The van der Waals surface area contributed by atoms with Gasteiger partial charge in [-0.3, -0.25) is 0 Å². The highest BCUT2D eigenvalue weighted by Gasteiger charge is 2.01. The SMILES string of the molecule is COc1cnn(C)c1N.Cl. The van der Waals surface area contributed by atoms with Crippen molar-refractivity contribution in [1.29, 1.82) is 0 Å². The summed E-state index contributed by atoms with van der Waals surface area (Å²) in [5, 5.41) is 3.85. The molecule has 0 radical (unpaired) electrons. The number of nitrogens with two attached hydrogens (primary N) is 1. The van der Waals surface area contributed by atoms with Crippen LogP contribution in [0.25, 0.3) is 0 Å². The first-order chi connectivity index (χ1) is 4.25. The summed E-state index contributed by atoms with van der Waals surface area (Å²) in [5.41, 5.74) is 5.49. The molecule has 5 heteroatoms. The monoisotopic (exact) mass is 163 g/mol. The average molecular weight is 164 g/mol. The van der Waals surface area contributed by atoms with Gasteiger partial charge in [-0.05, 0) is 0 Å². The molecule has 1 aromatic heterocycles. The van der Waals surface area contributed by atoms with E-state index in [1.807, 2.05) is 0 Å². The summed E-state index contributed by atoms with van der Waals surface area (Å²) in [6.07, 6.45) is 1.58. The van der Waals surface area contributed by atoms with Gasteiger partial charge in [-0.1, -0.05) is 0 Å². The predicted molar refractivity (Wildman–Crippen MR) is 41.4 cm³/mol. The Balaban J connectivity index is 0.000000810. The number of halogens is 1. The number of nitrogen functional groups attached to an aromatic ring is 1. The molecule has 0 aliphatic heterocycles. The minimum absolute atomic E-state index is 0. The zero-order chi connectivity index (χ0) is 6.85. The quantitative estimate of drug-likeness (QED) is 0.654. The second-order valence-corrected chi connectivity index (χ2v) is 1.72. The normalized spacial score (nSPS) is 8.60. The molecule has 0 fully saturated rings. The Hall–Kier alpha value is -0.900. The van der Waals surface area contributed by atoms with Crippen molar-refractivity contribution in [2.45, 2.75) is 0 Å². The smallest absolute Gasteiger partial charge is 0.180 e. The van der Waals surface area contributed by atoms with Gasteiger partial charge in [-0.2, -0.15) is 5.10 Å². The third-order valence-corrected chi connectivity index (χ3v) is 1.17. The highest BCUT2D eigenvalue weighted by Crippen LogP contribution is 2.17. The van der Waals surface area contributed by atoms with Crippen LogP contribution in [0.15, 0.2) is 6.20 Å². The van der Waals surface area contributed by atoms with E-state index in [1.54, 1.807) is 25.0 Å². The molecule has 10 heavy (non-hydrogen) atoms. The van der Waals surface area contributed by atoms with Crippen LogP contribution in [0.3, 0.4) is 0 Å². The lowest BCUT2D eigenvalue weighted by atomic mass is 10.6. The first-order valence-corrected chi connectivity index (χ1v) is 2.57. The van der Waals surface area contributed by atoms with Crippen LogP contribution in [0.4, 0.5) is 5.82 Å².